The van der Waals surface area contributed by atoms with Crippen molar-refractivity contribution in [3.05, 3.63) is 0 Å². The van der Waals surface area contributed by atoms with E-state index in [2.05, 4.69) is 6.92 Å². The molecule has 58 valence electrons. The van der Waals surface area contributed by atoms with Crippen LogP contribution in [0.3, 0.4) is 0 Å². The summed E-state index contributed by atoms with van der Waals surface area (Å²) in [5, 5.41) is 9.72. The molecule has 0 aromatic rings. The van der Waals surface area contributed by atoms with Gasteiger partial charge in [0.05, 0.1) is 17.3 Å². The highest BCUT2D eigenvalue weighted by atomic mass is 16.5. The molecule has 2 fully saturated rings. The molecule has 1 unspecified atom stereocenters. The molecule has 2 nitrogen and oxygen atoms in total. The van der Waals surface area contributed by atoms with Gasteiger partial charge < -0.3 is 9.84 Å². The van der Waals surface area contributed by atoms with E-state index in [0.717, 1.165) is 19.3 Å². The van der Waals surface area contributed by atoms with Gasteiger partial charge in [-0.05, 0) is 26.7 Å². The predicted octanol–water partition coefficient (Wildman–Crippen LogP) is 1.08. The molecule has 2 aliphatic heterocycles. The Hall–Kier alpha value is -0.0800. The zero-order chi connectivity index (χ0) is 7.41. The third-order valence-corrected chi connectivity index (χ3v) is 2.79. The molecule has 1 N–H and O–H groups in total. The first-order valence-electron chi connectivity index (χ1n) is 3.92. The van der Waals surface area contributed by atoms with Gasteiger partial charge in [0.2, 0.25) is 0 Å². The number of aliphatic hydroxyl groups is 1. The monoisotopic (exact) mass is 142 g/mol. The summed E-state index contributed by atoms with van der Waals surface area (Å²) >= 11 is 0. The molecule has 0 radical (unpaired) electrons. The fourth-order valence-corrected chi connectivity index (χ4v) is 2.34. The number of rotatable bonds is 0. The molecule has 2 bridgehead atoms. The van der Waals surface area contributed by atoms with E-state index >= 15 is 0 Å². The Morgan fingerprint density at radius 1 is 1.50 bits per heavy atom. The highest BCUT2D eigenvalue weighted by Gasteiger charge is 2.54. The number of fused-ring (bicyclic) bond motifs is 2. The summed E-state index contributed by atoms with van der Waals surface area (Å²) in [6.45, 7) is 3.97. The first-order valence-corrected chi connectivity index (χ1v) is 3.92. The quantitative estimate of drug-likeness (QED) is 0.548. The summed E-state index contributed by atoms with van der Waals surface area (Å²) in [6.07, 6.45) is 3.07. The van der Waals surface area contributed by atoms with E-state index in [0.29, 0.717) is 0 Å². The van der Waals surface area contributed by atoms with E-state index in [9.17, 15) is 5.11 Å². The van der Waals surface area contributed by atoms with Crippen LogP contribution in [-0.2, 0) is 4.74 Å². The summed E-state index contributed by atoms with van der Waals surface area (Å²) in [5.41, 5.74) is -0.554. The molecule has 2 aliphatic rings. The van der Waals surface area contributed by atoms with Gasteiger partial charge >= 0.3 is 0 Å². The van der Waals surface area contributed by atoms with Gasteiger partial charge in [-0.1, -0.05) is 0 Å². The Bertz CT molecular complexity index is 162. The average Bonchev–Trinajstić information content (AvgIpc) is 2.16. The molecule has 0 spiro atoms. The van der Waals surface area contributed by atoms with Crippen molar-refractivity contribution in [3.63, 3.8) is 0 Å². The Morgan fingerprint density at radius 2 is 2.20 bits per heavy atom. The van der Waals surface area contributed by atoms with Crippen LogP contribution in [0.5, 0.6) is 0 Å². The topological polar surface area (TPSA) is 29.5 Å². The smallest absolute Gasteiger partial charge is 0.0907 e. The van der Waals surface area contributed by atoms with E-state index in [1.807, 2.05) is 6.92 Å². The summed E-state index contributed by atoms with van der Waals surface area (Å²) in [4.78, 5) is 0. The highest BCUT2D eigenvalue weighted by Crippen LogP contribution is 2.48. The Labute approximate surface area is 61.2 Å². The molecule has 2 saturated heterocycles. The maximum Gasteiger partial charge on any atom is 0.0907 e. The highest BCUT2D eigenvalue weighted by molar-refractivity contribution is 5.05. The minimum atomic E-state index is -0.549. The molecule has 0 aliphatic carbocycles. The fraction of sp³-hybridized carbons (Fsp3) is 1.00. The lowest BCUT2D eigenvalue weighted by atomic mass is 9.80. The number of ether oxygens (including phenoxy) is 1. The third-order valence-electron chi connectivity index (χ3n) is 2.79. The minimum absolute atomic E-state index is 0.00579. The normalized spacial score (nSPS) is 59.7. The lowest BCUT2D eigenvalue weighted by Crippen LogP contribution is -2.37. The van der Waals surface area contributed by atoms with Crippen molar-refractivity contribution < 1.29 is 9.84 Å². The Kier molecular flexibility index (Phi) is 1.03. The lowest BCUT2D eigenvalue weighted by molar-refractivity contribution is -0.0241. The largest absolute Gasteiger partial charge is 0.387 e. The molecule has 0 saturated carbocycles. The molecule has 2 heterocycles. The van der Waals surface area contributed by atoms with Gasteiger partial charge in [-0.2, -0.15) is 0 Å². The molecule has 0 aromatic heterocycles. The number of hydrogen-bond acceptors (Lipinski definition) is 2. The maximum absolute atomic E-state index is 9.72. The van der Waals surface area contributed by atoms with Crippen LogP contribution in [0.2, 0.25) is 0 Å². The van der Waals surface area contributed by atoms with Crippen LogP contribution >= 0.6 is 0 Å². The van der Waals surface area contributed by atoms with Crippen LogP contribution in [0, 0.1) is 0 Å². The van der Waals surface area contributed by atoms with Crippen LogP contribution < -0.4 is 0 Å². The first kappa shape index (κ1) is 6.62. The lowest BCUT2D eigenvalue weighted by Gasteiger charge is -2.27. The first-order chi connectivity index (χ1) is 4.52. The second-order valence-electron chi connectivity index (χ2n) is 4.13. The van der Waals surface area contributed by atoms with Gasteiger partial charge in [-0.15, -0.1) is 0 Å². The predicted molar refractivity (Wildman–Crippen MR) is 37.8 cm³/mol. The Balaban J connectivity index is 2.25. The fourth-order valence-electron chi connectivity index (χ4n) is 2.34. The molecular weight excluding hydrogens is 128 g/mol. The van der Waals surface area contributed by atoms with Crippen LogP contribution in [0.25, 0.3) is 0 Å². The second-order valence-corrected chi connectivity index (χ2v) is 4.13. The van der Waals surface area contributed by atoms with Crippen molar-refractivity contribution in [2.45, 2.75) is 50.4 Å². The van der Waals surface area contributed by atoms with Gasteiger partial charge in [0.1, 0.15) is 0 Å². The van der Waals surface area contributed by atoms with E-state index in [4.69, 9.17) is 4.74 Å². The van der Waals surface area contributed by atoms with E-state index in [-0.39, 0.29) is 11.7 Å². The third kappa shape index (κ3) is 0.722. The molecule has 3 atom stereocenters. The van der Waals surface area contributed by atoms with Crippen molar-refractivity contribution >= 4 is 0 Å². The van der Waals surface area contributed by atoms with Crippen molar-refractivity contribution in [1.82, 2.24) is 0 Å². The van der Waals surface area contributed by atoms with E-state index in [1.54, 1.807) is 0 Å². The zero-order valence-electron chi connectivity index (χ0n) is 6.55. The van der Waals surface area contributed by atoms with Crippen molar-refractivity contribution in [3.8, 4) is 0 Å². The molecule has 2 rings (SSSR count). The van der Waals surface area contributed by atoms with Crippen LogP contribution in [0.15, 0.2) is 0 Å². The van der Waals surface area contributed by atoms with Crippen molar-refractivity contribution in [1.29, 1.82) is 0 Å². The molecule has 0 aromatic carbocycles. The molecule has 2 heteroatoms. The van der Waals surface area contributed by atoms with Crippen molar-refractivity contribution in [2.24, 2.45) is 0 Å². The van der Waals surface area contributed by atoms with Gasteiger partial charge in [0.25, 0.3) is 0 Å². The molecular formula is C8H14O2. The van der Waals surface area contributed by atoms with Gasteiger partial charge in [-0.25, -0.2) is 0 Å². The average molecular weight is 142 g/mol. The van der Waals surface area contributed by atoms with Gasteiger partial charge in [0, 0.05) is 6.42 Å². The van der Waals surface area contributed by atoms with E-state index in [1.165, 1.54) is 0 Å². The molecule has 0 amide bonds. The minimum Gasteiger partial charge on any atom is -0.387 e. The van der Waals surface area contributed by atoms with Crippen LogP contribution in [-0.4, -0.2) is 22.4 Å². The standard InChI is InChI=1S/C8H14O2/c1-7-4-3-6(10-7)8(2,9)5-7/h6,9H,3-5H2,1-2H3/t6-,7+,8?/m1/s1. The Morgan fingerprint density at radius 3 is 2.40 bits per heavy atom. The molecule has 10 heavy (non-hydrogen) atoms. The zero-order valence-corrected chi connectivity index (χ0v) is 6.55. The summed E-state index contributed by atoms with van der Waals surface area (Å²) in [6, 6.07) is 0. The SMILES string of the molecule is CC1(O)C[C@]2(C)CC[C@H]1O2. The second kappa shape index (κ2) is 1.56. The van der Waals surface area contributed by atoms with Crippen molar-refractivity contribution in [2.75, 3.05) is 0 Å². The van der Waals surface area contributed by atoms with Crippen LogP contribution in [0.1, 0.15) is 33.1 Å². The number of hydrogen-bond donors (Lipinski definition) is 1. The van der Waals surface area contributed by atoms with Crippen LogP contribution in [0.4, 0.5) is 0 Å². The summed E-state index contributed by atoms with van der Waals surface area (Å²) < 4.78 is 5.62. The summed E-state index contributed by atoms with van der Waals surface area (Å²) in [7, 11) is 0. The maximum atomic E-state index is 9.72. The van der Waals surface area contributed by atoms with Gasteiger partial charge in [0.15, 0.2) is 0 Å². The summed E-state index contributed by atoms with van der Waals surface area (Å²) in [5.74, 6) is 0. The van der Waals surface area contributed by atoms with Gasteiger partial charge in [-0.3, -0.25) is 0 Å². The van der Waals surface area contributed by atoms with E-state index < -0.39 is 5.60 Å².